The molecule has 0 saturated heterocycles. The highest BCUT2D eigenvalue weighted by Gasteiger charge is 2.26. The highest BCUT2D eigenvalue weighted by atomic mass is 79.9. The fourth-order valence-corrected chi connectivity index (χ4v) is 1.80. The molecule has 1 aromatic heterocycles. The number of carboxylic acid groups (broad SMARTS) is 2. The molecule has 98 valence electrons. The second kappa shape index (κ2) is 4.81. The number of aromatic nitrogens is 1. The lowest BCUT2D eigenvalue weighted by Gasteiger charge is -1.99. The Kier molecular flexibility index (Phi) is 3.34. The molecule has 2 N–H and O–H groups in total. The van der Waals surface area contributed by atoms with E-state index in [0.29, 0.717) is 4.47 Å². The minimum Gasteiger partial charge on any atom is -0.476 e. The Morgan fingerprint density at radius 2 is 1.95 bits per heavy atom. The van der Waals surface area contributed by atoms with Crippen molar-refractivity contribution in [1.82, 2.24) is 4.98 Å². The van der Waals surface area contributed by atoms with Crippen molar-refractivity contribution >= 4 is 27.9 Å². The Labute approximate surface area is 113 Å². The monoisotopic (exact) mass is 329 g/mol. The van der Waals surface area contributed by atoms with Gasteiger partial charge in [0, 0.05) is 4.47 Å². The molecule has 2 rings (SSSR count). The van der Waals surface area contributed by atoms with E-state index in [9.17, 15) is 14.0 Å². The molecule has 0 fully saturated rings. The topological polar surface area (TPSA) is 101 Å². The number of carboxylic acids is 2. The van der Waals surface area contributed by atoms with E-state index in [0.717, 1.165) is 6.07 Å². The summed E-state index contributed by atoms with van der Waals surface area (Å²) in [7, 11) is 0. The summed E-state index contributed by atoms with van der Waals surface area (Å²) in [5.74, 6) is -4.80. The van der Waals surface area contributed by atoms with Gasteiger partial charge in [0.05, 0.1) is 5.56 Å². The van der Waals surface area contributed by atoms with Crippen LogP contribution >= 0.6 is 15.9 Å². The quantitative estimate of drug-likeness (QED) is 0.897. The van der Waals surface area contributed by atoms with Crippen LogP contribution in [0.1, 0.15) is 21.0 Å². The van der Waals surface area contributed by atoms with Crippen molar-refractivity contribution in [1.29, 1.82) is 0 Å². The molecule has 2 aromatic rings. The van der Waals surface area contributed by atoms with Crippen LogP contribution in [0, 0.1) is 5.82 Å². The lowest BCUT2D eigenvalue weighted by molar-refractivity contribution is 0.0624. The first-order valence-electron chi connectivity index (χ1n) is 4.83. The number of benzene rings is 1. The molecular weight excluding hydrogens is 325 g/mol. The summed E-state index contributed by atoms with van der Waals surface area (Å²) in [5.41, 5.74) is -0.617. The normalized spacial score (nSPS) is 10.4. The Balaban J connectivity index is 2.64. The molecular formula is C11H5BrFNO5. The van der Waals surface area contributed by atoms with Gasteiger partial charge < -0.3 is 14.6 Å². The summed E-state index contributed by atoms with van der Waals surface area (Å²) < 4.78 is 18.4. The van der Waals surface area contributed by atoms with Gasteiger partial charge >= 0.3 is 11.9 Å². The third-order valence-electron chi connectivity index (χ3n) is 2.18. The van der Waals surface area contributed by atoms with Crippen molar-refractivity contribution in [2.24, 2.45) is 0 Å². The highest BCUT2D eigenvalue weighted by Crippen LogP contribution is 2.30. The van der Waals surface area contributed by atoms with E-state index in [1.54, 1.807) is 0 Å². The first-order valence-corrected chi connectivity index (χ1v) is 5.62. The molecule has 0 aliphatic carbocycles. The smallest absolute Gasteiger partial charge is 0.374 e. The SMILES string of the molecule is O=C(O)c1nc(-c2cc(F)ccc2Br)oc1C(=O)O. The van der Waals surface area contributed by atoms with Crippen LogP contribution in [-0.4, -0.2) is 27.1 Å². The Hall–Kier alpha value is -2.22. The number of carbonyl (C=O) groups is 2. The van der Waals surface area contributed by atoms with E-state index in [2.05, 4.69) is 20.9 Å². The molecule has 0 amide bonds. The van der Waals surface area contributed by atoms with Gasteiger partial charge in [0.25, 0.3) is 0 Å². The van der Waals surface area contributed by atoms with Crippen LogP contribution in [0.15, 0.2) is 27.1 Å². The fourth-order valence-electron chi connectivity index (χ4n) is 1.39. The minimum atomic E-state index is -1.57. The third kappa shape index (κ3) is 2.48. The fraction of sp³-hybridized carbons (Fsp3) is 0. The number of nitrogens with zero attached hydrogens (tertiary/aromatic N) is 1. The summed E-state index contributed by atoms with van der Waals surface area (Å²) in [6, 6.07) is 3.59. The molecule has 0 saturated carbocycles. The summed E-state index contributed by atoms with van der Waals surface area (Å²) in [5, 5.41) is 17.6. The first kappa shape index (κ1) is 13.2. The molecule has 1 aromatic carbocycles. The van der Waals surface area contributed by atoms with Gasteiger partial charge in [-0.3, -0.25) is 0 Å². The lowest BCUT2D eigenvalue weighted by atomic mass is 10.2. The van der Waals surface area contributed by atoms with Gasteiger partial charge in [-0.25, -0.2) is 19.0 Å². The summed E-state index contributed by atoms with van der Waals surface area (Å²) >= 11 is 3.11. The van der Waals surface area contributed by atoms with Gasteiger partial charge in [-0.15, -0.1) is 0 Å². The van der Waals surface area contributed by atoms with Crippen molar-refractivity contribution in [3.63, 3.8) is 0 Å². The van der Waals surface area contributed by atoms with Crippen LogP contribution in [0.5, 0.6) is 0 Å². The second-order valence-corrected chi connectivity index (χ2v) is 4.29. The second-order valence-electron chi connectivity index (χ2n) is 3.43. The van der Waals surface area contributed by atoms with Crippen LogP contribution in [0.4, 0.5) is 4.39 Å². The molecule has 6 nitrogen and oxygen atoms in total. The zero-order chi connectivity index (χ0) is 14.2. The maximum atomic E-state index is 13.1. The van der Waals surface area contributed by atoms with Crippen LogP contribution in [-0.2, 0) is 0 Å². The summed E-state index contributed by atoms with van der Waals surface area (Å²) in [6.45, 7) is 0. The Morgan fingerprint density at radius 1 is 1.26 bits per heavy atom. The van der Waals surface area contributed by atoms with Gasteiger partial charge in [0.1, 0.15) is 5.82 Å². The molecule has 0 unspecified atom stereocenters. The van der Waals surface area contributed by atoms with Crippen LogP contribution < -0.4 is 0 Å². The molecule has 0 atom stereocenters. The predicted octanol–water partition coefficient (Wildman–Crippen LogP) is 2.64. The zero-order valence-electron chi connectivity index (χ0n) is 9.05. The molecule has 0 spiro atoms. The third-order valence-corrected chi connectivity index (χ3v) is 2.87. The van der Waals surface area contributed by atoms with Gasteiger partial charge in [0.15, 0.2) is 0 Å². The standard InChI is InChI=1S/C11H5BrFNO5/c12-6-2-1-4(13)3-5(6)9-14-7(10(15)16)8(19-9)11(17)18/h1-3H,(H,15,16)(H,17,18). The van der Waals surface area contributed by atoms with E-state index in [-0.39, 0.29) is 11.5 Å². The summed E-state index contributed by atoms with van der Waals surface area (Å²) in [6.07, 6.45) is 0. The average molecular weight is 330 g/mol. The maximum Gasteiger partial charge on any atom is 0.374 e. The largest absolute Gasteiger partial charge is 0.476 e. The van der Waals surface area contributed by atoms with E-state index in [1.165, 1.54) is 12.1 Å². The zero-order valence-corrected chi connectivity index (χ0v) is 10.6. The van der Waals surface area contributed by atoms with Crippen LogP contribution in [0.2, 0.25) is 0 Å². The van der Waals surface area contributed by atoms with E-state index in [1.807, 2.05) is 0 Å². The molecule has 0 aliphatic heterocycles. The van der Waals surface area contributed by atoms with E-state index in [4.69, 9.17) is 14.6 Å². The van der Waals surface area contributed by atoms with Crippen molar-refractivity contribution in [3.8, 4) is 11.5 Å². The number of aromatic carboxylic acids is 2. The van der Waals surface area contributed by atoms with Gasteiger partial charge in [-0.05, 0) is 34.1 Å². The maximum absolute atomic E-state index is 13.1. The molecule has 8 heteroatoms. The first-order chi connectivity index (χ1) is 8.90. The number of rotatable bonds is 3. The van der Waals surface area contributed by atoms with Crippen molar-refractivity contribution in [2.75, 3.05) is 0 Å². The van der Waals surface area contributed by atoms with Crippen LogP contribution in [0.25, 0.3) is 11.5 Å². The number of oxazole rings is 1. The van der Waals surface area contributed by atoms with Gasteiger partial charge in [-0.1, -0.05) is 0 Å². The average Bonchev–Trinajstić information content (AvgIpc) is 2.77. The Morgan fingerprint density at radius 3 is 2.47 bits per heavy atom. The van der Waals surface area contributed by atoms with E-state index < -0.39 is 29.2 Å². The minimum absolute atomic E-state index is 0.120. The van der Waals surface area contributed by atoms with Crippen molar-refractivity contribution < 1.29 is 28.6 Å². The predicted molar refractivity (Wildman–Crippen MR) is 63.5 cm³/mol. The molecule has 0 aliphatic rings. The highest BCUT2D eigenvalue weighted by molar-refractivity contribution is 9.10. The molecule has 0 radical (unpaired) electrons. The lowest BCUT2D eigenvalue weighted by Crippen LogP contribution is -2.05. The number of hydrogen-bond donors (Lipinski definition) is 2. The number of hydrogen-bond acceptors (Lipinski definition) is 4. The molecule has 0 bridgehead atoms. The molecule has 19 heavy (non-hydrogen) atoms. The molecule has 1 heterocycles. The Bertz CT molecular complexity index is 650. The van der Waals surface area contributed by atoms with E-state index >= 15 is 0 Å². The van der Waals surface area contributed by atoms with Crippen molar-refractivity contribution in [3.05, 3.63) is 39.9 Å². The summed E-state index contributed by atoms with van der Waals surface area (Å²) in [4.78, 5) is 25.3. The van der Waals surface area contributed by atoms with Crippen molar-refractivity contribution in [2.45, 2.75) is 0 Å². The van der Waals surface area contributed by atoms with Crippen LogP contribution in [0.3, 0.4) is 0 Å². The van der Waals surface area contributed by atoms with Gasteiger partial charge in [-0.2, -0.15) is 0 Å². The number of halogens is 2. The van der Waals surface area contributed by atoms with Gasteiger partial charge in [0.2, 0.25) is 17.3 Å².